The van der Waals surface area contributed by atoms with E-state index in [9.17, 15) is 14.4 Å². The van der Waals surface area contributed by atoms with Crippen molar-refractivity contribution in [3.8, 4) is 0 Å². The van der Waals surface area contributed by atoms with E-state index in [1.165, 1.54) is 19.3 Å². The molecule has 0 spiro atoms. The van der Waals surface area contributed by atoms with Gasteiger partial charge >= 0.3 is 5.97 Å². The monoisotopic (exact) mass is 406 g/mol. The highest BCUT2D eigenvalue weighted by molar-refractivity contribution is 9.10. The number of amides is 2. The summed E-state index contributed by atoms with van der Waals surface area (Å²) >= 11 is 3.27. The van der Waals surface area contributed by atoms with E-state index in [-0.39, 0.29) is 5.70 Å². The van der Waals surface area contributed by atoms with Gasteiger partial charge in [0.1, 0.15) is 17.5 Å². The molecule has 0 unspecified atom stereocenters. The zero-order valence-electron chi connectivity index (χ0n) is 13.2. The van der Waals surface area contributed by atoms with Crippen molar-refractivity contribution in [2.75, 3.05) is 0 Å². The summed E-state index contributed by atoms with van der Waals surface area (Å²) in [7, 11) is 0. The van der Waals surface area contributed by atoms with Crippen LogP contribution < -0.4 is 10.6 Å². The van der Waals surface area contributed by atoms with E-state index < -0.39 is 23.8 Å². The van der Waals surface area contributed by atoms with E-state index in [1.54, 1.807) is 36.4 Å². The highest BCUT2D eigenvalue weighted by Gasteiger charge is 2.20. The maximum Gasteiger partial charge on any atom is 0.325 e. The second kappa shape index (κ2) is 8.29. The smallest absolute Gasteiger partial charge is 0.325 e. The number of benzene rings is 1. The summed E-state index contributed by atoms with van der Waals surface area (Å²) in [6.07, 6.45) is 2.73. The predicted molar refractivity (Wildman–Crippen MR) is 93.5 cm³/mol. The third-order valence-electron chi connectivity index (χ3n) is 3.15. The van der Waals surface area contributed by atoms with Crippen molar-refractivity contribution in [2.24, 2.45) is 0 Å². The van der Waals surface area contributed by atoms with Crippen molar-refractivity contribution in [2.45, 2.75) is 13.0 Å². The molecular formula is C17H15BrN2O5. The summed E-state index contributed by atoms with van der Waals surface area (Å²) < 4.78 is 5.95. The minimum absolute atomic E-state index is 0.129. The second-order valence-corrected chi connectivity index (χ2v) is 5.98. The van der Waals surface area contributed by atoms with Crippen molar-refractivity contribution in [3.05, 3.63) is 64.2 Å². The summed E-state index contributed by atoms with van der Waals surface area (Å²) in [5.41, 5.74) is 0.212. The fourth-order valence-electron chi connectivity index (χ4n) is 1.81. The first-order chi connectivity index (χ1) is 11.9. The van der Waals surface area contributed by atoms with Gasteiger partial charge in [-0.25, -0.2) is 0 Å². The average Bonchev–Trinajstić information content (AvgIpc) is 3.07. The third-order valence-corrected chi connectivity index (χ3v) is 3.68. The molecule has 0 saturated heterocycles. The first-order valence-corrected chi connectivity index (χ1v) is 8.02. The summed E-state index contributed by atoms with van der Waals surface area (Å²) in [6.45, 7) is 1.32. The van der Waals surface area contributed by atoms with E-state index in [2.05, 4.69) is 26.6 Å². The molecule has 1 heterocycles. The molecule has 0 fully saturated rings. The molecule has 3 N–H and O–H groups in total. The van der Waals surface area contributed by atoms with E-state index >= 15 is 0 Å². The Kier molecular flexibility index (Phi) is 6.13. The van der Waals surface area contributed by atoms with Gasteiger partial charge in [-0.2, -0.15) is 0 Å². The number of carbonyl (C=O) groups is 3. The number of hydrogen-bond acceptors (Lipinski definition) is 4. The van der Waals surface area contributed by atoms with Gasteiger partial charge in [0.25, 0.3) is 11.8 Å². The maximum atomic E-state index is 12.3. The van der Waals surface area contributed by atoms with Crippen LogP contribution in [0.25, 0.3) is 6.08 Å². The fourth-order valence-corrected chi connectivity index (χ4v) is 2.07. The highest BCUT2D eigenvalue weighted by atomic mass is 79.9. The number of aliphatic carboxylic acids is 1. The normalized spacial score (nSPS) is 12.3. The van der Waals surface area contributed by atoms with Crippen LogP contribution in [0.3, 0.4) is 0 Å². The average molecular weight is 407 g/mol. The van der Waals surface area contributed by atoms with Crippen LogP contribution >= 0.6 is 15.9 Å². The van der Waals surface area contributed by atoms with Crippen LogP contribution in [0, 0.1) is 0 Å². The Bertz CT molecular complexity index is 797. The molecule has 1 aromatic heterocycles. The van der Waals surface area contributed by atoms with Crippen LogP contribution in [0.15, 0.2) is 57.2 Å². The Morgan fingerprint density at radius 3 is 2.44 bits per heavy atom. The molecule has 7 nitrogen and oxygen atoms in total. The molecule has 8 heteroatoms. The standard InChI is InChI=1S/C17H15BrN2O5/c1-10(17(23)24)19-16(22)14(9-13-3-2-8-25-13)20-15(21)11-4-6-12(18)7-5-11/h2-10H,1H3,(H,19,22)(H,20,21)(H,23,24)/b14-9-/t10-/m1/s1. The van der Waals surface area contributed by atoms with E-state index in [0.29, 0.717) is 11.3 Å². The third kappa shape index (κ3) is 5.32. The van der Waals surface area contributed by atoms with Crippen molar-refractivity contribution in [1.82, 2.24) is 10.6 Å². The molecule has 2 rings (SSSR count). The van der Waals surface area contributed by atoms with Crippen molar-refractivity contribution < 1.29 is 23.9 Å². The Balaban J connectivity index is 2.22. The number of carboxylic acids is 1. The molecule has 130 valence electrons. The molecule has 0 radical (unpaired) electrons. The van der Waals surface area contributed by atoms with Crippen LogP contribution in [0.4, 0.5) is 0 Å². The zero-order valence-corrected chi connectivity index (χ0v) is 14.7. The van der Waals surface area contributed by atoms with E-state index in [4.69, 9.17) is 9.52 Å². The van der Waals surface area contributed by atoms with Crippen molar-refractivity contribution >= 4 is 39.8 Å². The molecule has 0 aliphatic rings. The zero-order chi connectivity index (χ0) is 18.4. The lowest BCUT2D eigenvalue weighted by Gasteiger charge is -2.13. The largest absolute Gasteiger partial charge is 0.480 e. The Hall–Kier alpha value is -2.87. The number of hydrogen-bond donors (Lipinski definition) is 3. The summed E-state index contributed by atoms with van der Waals surface area (Å²) in [5, 5.41) is 13.7. The lowest BCUT2D eigenvalue weighted by molar-refractivity contribution is -0.140. The molecular weight excluding hydrogens is 392 g/mol. The van der Waals surface area contributed by atoms with Crippen LogP contribution in [-0.2, 0) is 9.59 Å². The van der Waals surface area contributed by atoms with Gasteiger partial charge in [-0.05, 0) is 43.3 Å². The Morgan fingerprint density at radius 2 is 1.88 bits per heavy atom. The SMILES string of the molecule is C[C@@H](NC(=O)/C(=C/c1ccco1)NC(=O)c1ccc(Br)cc1)C(=O)O. The van der Waals surface area contributed by atoms with Crippen molar-refractivity contribution in [1.29, 1.82) is 0 Å². The topological polar surface area (TPSA) is 109 Å². The molecule has 25 heavy (non-hydrogen) atoms. The quantitative estimate of drug-likeness (QED) is 0.638. The van der Waals surface area contributed by atoms with Gasteiger partial charge < -0.3 is 20.2 Å². The van der Waals surface area contributed by atoms with Gasteiger partial charge in [-0.15, -0.1) is 0 Å². The lowest BCUT2D eigenvalue weighted by Crippen LogP contribution is -2.42. The number of halogens is 1. The Morgan fingerprint density at radius 1 is 1.20 bits per heavy atom. The molecule has 0 aliphatic carbocycles. The minimum atomic E-state index is -1.19. The van der Waals surface area contributed by atoms with Crippen LogP contribution in [-0.4, -0.2) is 28.9 Å². The molecule has 1 atom stereocenters. The van der Waals surface area contributed by atoms with Gasteiger partial charge in [-0.1, -0.05) is 15.9 Å². The molecule has 0 bridgehead atoms. The minimum Gasteiger partial charge on any atom is -0.480 e. The van der Waals surface area contributed by atoms with Gasteiger partial charge in [0, 0.05) is 16.1 Å². The second-order valence-electron chi connectivity index (χ2n) is 5.07. The van der Waals surface area contributed by atoms with Crippen LogP contribution in [0.2, 0.25) is 0 Å². The van der Waals surface area contributed by atoms with Crippen LogP contribution in [0.1, 0.15) is 23.0 Å². The first-order valence-electron chi connectivity index (χ1n) is 7.22. The maximum absolute atomic E-state index is 12.3. The number of nitrogens with one attached hydrogen (secondary N) is 2. The number of rotatable bonds is 6. The molecule has 0 saturated carbocycles. The number of furan rings is 1. The first kappa shape index (κ1) is 18.5. The van der Waals surface area contributed by atoms with Crippen molar-refractivity contribution in [3.63, 3.8) is 0 Å². The molecule has 2 amide bonds. The Labute approximate surface area is 151 Å². The lowest BCUT2D eigenvalue weighted by atomic mass is 10.2. The predicted octanol–water partition coefficient (Wildman–Crippen LogP) is 2.40. The van der Waals surface area contributed by atoms with Gasteiger partial charge in [0.15, 0.2) is 0 Å². The highest BCUT2D eigenvalue weighted by Crippen LogP contribution is 2.12. The number of carbonyl (C=O) groups excluding carboxylic acids is 2. The summed E-state index contributed by atoms with van der Waals surface area (Å²) in [5.74, 6) is -2.10. The molecule has 0 aliphatic heterocycles. The fraction of sp³-hybridized carbons (Fsp3) is 0.118. The van der Waals surface area contributed by atoms with Gasteiger partial charge in [-0.3, -0.25) is 14.4 Å². The van der Waals surface area contributed by atoms with Gasteiger partial charge in [0.05, 0.1) is 6.26 Å². The summed E-state index contributed by atoms with van der Waals surface area (Å²) in [4.78, 5) is 35.5. The van der Waals surface area contributed by atoms with Gasteiger partial charge in [0.2, 0.25) is 0 Å². The summed E-state index contributed by atoms with van der Waals surface area (Å²) in [6, 6.07) is 8.66. The molecule has 1 aromatic carbocycles. The van der Waals surface area contributed by atoms with Crippen LogP contribution in [0.5, 0.6) is 0 Å². The number of carboxylic acid groups (broad SMARTS) is 1. The molecule has 2 aromatic rings. The van der Waals surface area contributed by atoms with E-state index in [0.717, 1.165) is 4.47 Å². The van der Waals surface area contributed by atoms with E-state index in [1.807, 2.05) is 0 Å².